The summed E-state index contributed by atoms with van der Waals surface area (Å²) in [6.07, 6.45) is 3.85. The fourth-order valence-electron chi connectivity index (χ4n) is 2.64. The molecular formula is C18H28O4. The summed E-state index contributed by atoms with van der Waals surface area (Å²) in [4.78, 5) is 10.7. The lowest BCUT2D eigenvalue weighted by Crippen LogP contribution is -2.17. The maximum Gasteiger partial charge on any atom is 0.302 e. The first kappa shape index (κ1) is 18.3. The first-order valence-electron chi connectivity index (χ1n) is 7.88. The molecule has 0 amide bonds. The number of esters is 1. The summed E-state index contributed by atoms with van der Waals surface area (Å²) in [5, 5.41) is 19.6. The number of carbonyl (C=O) groups is 1. The molecule has 1 atom stereocenters. The van der Waals surface area contributed by atoms with Gasteiger partial charge in [-0.15, -0.1) is 0 Å². The molecular weight excluding hydrogens is 280 g/mol. The Morgan fingerprint density at radius 2 is 1.95 bits per heavy atom. The summed E-state index contributed by atoms with van der Waals surface area (Å²) in [6.45, 7) is 8.21. The summed E-state index contributed by atoms with van der Waals surface area (Å²) in [5.41, 5.74) is 0.582. The zero-order chi connectivity index (χ0) is 16.8. The number of rotatable bonds is 8. The van der Waals surface area contributed by atoms with Crippen molar-refractivity contribution >= 4 is 5.97 Å². The second kappa shape index (κ2) is 8.06. The minimum Gasteiger partial charge on any atom is -0.508 e. The molecule has 0 saturated carbocycles. The van der Waals surface area contributed by atoms with Gasteiger partial charge in [-0.25, -0.2) is 0 Å². The highest BCUT2D eigenvalue weighted by molar-refractivity contribution is 5.65. The summed E-state index contributed by atoms with van der Waals surface area (Å²) in [7, 11) is 0. The van der Waals surface area contributed by atoms with Gasteiger partial charge in [-0.3, -0.25) is 4.79 Å². The molecule has 0 aliphatic heterocycles. The molecule has 0 spiro atoms. The van der Waals surface area contributed by atoms with E-state index >= 15 is 0 Å². The van der Waals surface area contributed by atoms with E-state index in [-0.39, 0.29) is 22.9 Å². The van der Waals surface area contributed by atoms with Gasteiger partial charge in [0.2, 0.25) is 0 Å². The van der Waals surface area contributed by atoms with E-state index in [1.807, 2.05) is 0 Å². The first-order chi connectivity index (χ1) is 10.2. The first-order valence-corrected chi connectivity index (χ1v) is 7.88. The Bertz CT molecular complexity index is 494. The van der Waals surface area contributed by atoms with Crippen molar-refractivity contribution in [2.24, 2.45) is 5.92 Å². The Balaban J connectivity index is 2.45. The van der Waals surface area contributed by atoms with E-state index in [9.17, 15) is 15.0 Å². The normalized spacial score (nSPS) is 12.9. The van der Waals surface area contributed by atoms with Crippen LogP contribution in [-0.2, 0) is 14.9 Å². The molecule has 22 heavy (non-hydrogen) atoms. The number of hydrogen-bond donors (Lipinski definition) is 2. The molecule has 124 valence electrons. The number of ether oxygens (including phenoxy) is 1. The Hall–Kier alpha value is -1.71. The molecule has 0 aliphatic carbocycles. The van der Waals surface area contributed by atoms with Crippen LogP contribution in [-0.4, -0.2) is 22.8 Å². The van der Waals surface area contributed by atoms with Crippen molar-refractivity contribution in [1.29, 1.82) is 0 Å². The third-order valence-electron chi connectivity index (χ3n) is 4.12. The molecule has 2 N–H and O–H groups in total. The van der Waals surface area contributed by atoms with Crippen LogP contribution in [0.15, 0.2) is 18.2 Å². The number of carbonyl (C=O) groups excluding carboxylic acids is 1. The standard InChI is InChI=1S/C18H28O4/c1-13(9-11-22-14(2)19)6-5-10-18(3,4)16-12-15(20)7-8-17(16)21/h7-8,12-13,20-21H,5-6,9-11H2,1-4H3. The van der Waals surface area contributed by atoms with Crippen LogP contribution in [0.1, 0.15) is 58.9 Å². The summed E-state index contributed by atoms with van der Waals surface area (Å²) >= 11 is 0. The molecule has 4 heteroatoms. The zero-order valence-corrected chi connectivity index (χ0v) is 14.1. The van der Waals surface area contributed by atoms with Crippen LogP contribution in [0.25, 0.3) is 0 Å². The van der Waals surface area contributed by atoms with Crippen molar-refractivity contribution in [3.05, 3.63) is 23.8 Å². The van der Waals surface area contributed by atoms with Crippen LogP contribution in [0.3, 0.4) is 0 Å². The van der Waals surface area contributed by atoms with Crippen LogP contribution < -0.4 is 0 Å². The van der Waals surface area contributed by atoms with Crippen molar-refractivity contribution < 1.29 is 19.7 Å². The van der Waals surface area contributed by atoms with E-state index in [1.54, 1.807) is 6.07 Å². The van der Waals surface area contributed by atoms with Gasteiger partial charge in [0.15, 0.2) is 0 Å². The fraction of sp³-hybridized carbons (Fsp3) is 0.611. The second-order valence-corrected chi connectivity index (χ2v) is 6.71. The minimum absolute atomic E-state index is 0.177. The summed E-state index contributed by atoms with van der Waals surface area (Å²) < 4.78 is 4.96. The van der Waals surface area contributed by atoms with E-state index in [0.717, 1.165) is 31.2 Å². The number of aromatic hydroxyl groups is 2. The highest BCUT2D eigenvalue weighted by atomic mass is 16.5. The second-order valence-electron chi connectivity index (χ2n) is 6.71. The van der Waals surface area contributed by atoms with Gasteiger partial charge in [0.25, 0.3) is 0 Å². The summed E-state index contributed by atoms with van der Waals surface area (Å²) in [6, 6.07) is 4.67. The maximum atomic E-state index is 10.7. The van der Waals surface area contributed by atoms with Crippen molar-refractivity contribution in [3.8, 4) is 11.5 Å². The van der Waals surface area contributed by atoms with Gasteiger partial charge >= 0.3 is 5.97 Å². The average Bonchev–Trinajstić information content (AvgIpc) is 2.40. The largest absolute Gasteiger partial charge is 0.508 e. The molecule has 1 rings (SSSR count). The van der Waals surface area contributed by atoms with Gasteiger partial charge in [-0.1, -0.05) is 33.6 Å². The molecule has 0 radical (unpaired) electrons. The highest BCUT2D eigenvalue weighted by Gasteiger charge is 2.24. The fourth-order valence-corrected chi connectivity index (χ4v) is 2.64. The van der Waals surface area contributed by atoms with Crippen molar-refractivity contribution in [2.75, 3.05) is 6.61 Å². The maximum absolute atomic E-state index is 10.7. The lowest BCUT2D eigenvalue weighted by Gasteiger charge is -2.27. The SMILES string of the molecule is CC(=O)OCCC(C)CCCC(C)(C)c1cc(O)ccc1O. The van der Waals surface area contributed by atoms with E-state index in [4.69, 9.17) is 4.74 Å². The van der Waals surface area contributed by atoms with E-state index < -0.39 is 0 Å². The van der Waals surface area contributed by atoms with Crippen LogP contribution in [0, 0.1) is 5.92 Å². The van der Waals surface area contributed by atoms with Crippen molar-refractivity contribution in [1.82, 2.24) is 0 Å². The molecule has 0 aromatic heterocycles. The van der Waals surface area contributed by atoms with Gasteiger partial charge in [0.1, 0.15) is 11.5 Å². The van der Waals surface area contributed by atoms with Crippen molar-refractivity contribution in [2.45, 2.75) is 58.8 Å². The van der Waals surface area contributed by atoms with Crippen LogP contribution in [0.2, 0.25) is 0 Å². The number of hydrogen-bond acceptors (Lipinski definition) is 4. The van der Waals surface area contributed by atoms with E-state index in [2.05, 4.69) is 20.8 Å². The Morgan fingerprint density at radius 1 is 1.27 bits per heavy atom. The molecule has 0 heterocycles. The topological polar surface area (TPSA) is 66.8 Å². The Kier molecular flexibility index (Phi) is 6.72. The Morgan fingerprint density at radius 3 is 2.59 bits per heavy atom. The predicted molar refractivity (Wildman–Crippen MR) is 87.1 cm³/mol. The zero-order valence-electron chi connectivity index (χ0n) is 14.1. The minimum atomic E-state index is -0.229. The van der Waals surface area contributed by atoms with Crippen LogP contribution in [0.5, 0.6) is 11.5 Å². The van der Waals surface area contributed by atoms with Crippen LogP contribution >= 0.6 is 0 Å². The monoisotopic (exact) mass is 308 g/mol. The molecule has 1 aromatic rings. The molecule has 0 bridgehead atoms. The quantitative estimate of drug-likeness (QED) is 0.559. The predicted octanol–water partition coefficient (Wildman–Crippen LogP) is 4.14. The van der Waals surface area contributed by atoms with Crippen LogP contribution in [0.4, 0.5) is 0 Å². The summed E-state index contributed by atoms with van der Waals surface area (Å²) in [5.74, 6) is 0.668. The number of phenols is 2. The van der Waals surface area contributed by atoms with Gasteiger partial charge in [0.05, 0.1) is 6.61 Å². The lowest BCUT2D eigenvalue weighted by molar-refractivity contribution is -0.141. The Labute approximate surface area is 133 Å². The lowest BCUT2D eigenvalue weighted by atomic mass is 9.79. The molecule has 0 aliphatic rings. The molecule has 0 fully saturated rings. The molecule has 1 aromatic carbocycles. The molecule has 1 unspecified atom stereocenters. The van der Waals surface area contributed by atoms with Gasteiger partial charge in [0, 0.05) is 12.5 Å². The smallest absolute Gasteiger partial charge is 0.302 e. The number of benzene rings is 1. The van der Waals surface area contributed by atoms with Gasteiger partial charge in [-0.05, 0) is 42.4 Å². The average molecular weight is 308 g/mol. The highest BCUT2D eigenvalue weighted by Crippen LogP contribution is 2.37. The van der Waals surface area contributed by atoms with Crippen molar-refractivity contribution in [3.63, 3.8) is 0 Å². The van der Waals surface area contributed by atoms with Gasteiger partial charge < -0.3 is 14.9 Å². The van der Waals surface area contributed by atoms with E-state index in [0.29, 0.717) is 12.5 Å². The number of phenolic OH excluding ortho intramolecular Hbond substituents is 2. The van der Waals surface area contributed by atoms with Gasteiger partial charge in [-0.2, -0.15) is 0 Å². The third kappa shape index (κ3) is 5.96. The molecule has 0 saturated heterocycles. The third-order valence-corrected chi connectivity index (χ3v) is 4.12. The van der Waals surface area contributed by atoms with E-state index in [1.165, 1.54) is 19.1 Å². The molecule has 4 nitrogen and oxygen atoms in total.